The van der Waals surface area contributed by atoms with Crippen LogP contribution in [0.2, 0.25) is 0 Å². The van der Waals surface area contributed by atoms with Crippen LogP contribution in [0.15, 0.2) is 65.1 Å². The van der Waals surface area contributed by atoms with E-state index in [1.807, 2.05) is 30.3 Å². The third-order valence-electron chi connectivity index (χ3n) is 2.88. The first kappa shape index (κ1) is 15.8. The summed E-state index contributed by atoms with van der Waals surface area (Å²) in [5.74, 6) is -0.854. The molecule has 0 saturated carbocycles. The number of hydrogen-bond donors (Lipinski definition) is 1. The highest BCUT2D eigenvalue weighted by Crippen LogP contribution is 2.24. The van der Waals surface area contributed by atoms with Crippen LogP contribution in [0.1, 0.15) is 5.56 Å². The molecule has 0 radical (unpaired) electrons. The second-order valence-corrected chi connectivity index (χ2v) is 5.44. The molecule has 1 N–H and O–H groups in total. The quantitative estimate of drug-likeness (QED) is 0.379. The van der Waals surface area contributed by atoms with Crippen molar-refractivity contribution in [3.8, 4) is 0 Å². The van der Waals surface area contributed by atoms with Gasteiger partial charge in [0.25, 0.3) is 5.69 Å². The molecule has 0 saturated heterocycles. The summed E-state index contributed by atoms with van der Waals surface area (Å²) in [7, 11) is 0. The molecular formula is C16H13NO4S. The molecule has 0 aromatic heterocycles. The van der Waals surface area contributed by atoms with Crippen LogP contribution in [0, 0.1) is 10.1 Å². The maximum Gasteiger partial charge on any atom is 0.332 e. The number of carboxylic acids is 1. The maximum atomic E-state index is 11.4. The Morgan fingerprint density at radius 2 is 1.77 bits per heavy atom. The van der Waals surface area contributed by atoms with Crippen LogP contribution in [-0.2, 0) is 4.79 Å². The number of carboxylic acid groups (broad SMARTS) is 1. The highest BCUT2D eigenvalue weighted by molar-refractivity contribution is 7.99. The van der Waals surface area contributed by atoms with E-state index in [1.165, 1.54) is 30.0 Å². The number of benzene rings is 2. The van der Waals surface area contributed by atoms with Crippen LogP contribution in [0.3, 0.4) is 0 Å². The molecule has 5 nitrogen and oxygen atoms in total. The second kappa shape index (κ2) is 7.42. The monoisotopic (exact) mass is 315 g/mol. The minimum absolute atomic E-state index is 0.106. The summed E-state index contributed by atoms with van der Waals surface area (Å²) in [4.78, 5) is 22.8. The van der Waals surface area contributed by atoms with Crippen LogP contribution in [0.25, 0.3) is 6.08 Å². The largest absolute Gasteiger partial charge is 0.478 e. The highest BCUT2D eigenvalue weighted by atomic mass is 32.2. The fraction of sp³-hybridized carbons (Fsp3) is 0.0625. The van der Waals surface area contributed by atoms with E-state index in [-0.39, 0.29) is 17.0 Å². The van der Waals surface area contributed by atoms with Gasteiger partial charge in [-0.25, -0.2) is 4.79 Å². The van der Waals surface area contributed by atoms with Crippen molar-refractivity contribution in [1.82, 2.24) is 0 Å². The van der Waals surface area contributed by atoms with E-state index in [2.05, 4.69) is 0 Å². The Morgan fingerprint density at radius 3 is 2.41 bits per heavy atom. The zero-order chi connectivity index (χ0) is 15.9. The third kappa shape index (κ3) is 4.20. The molecule has 22 heavy (non-hydrogen) atoms. The smallest absolute Gasteiger partial charge is 0.332 e. The molecule has 0 aliphatic heterocycles. The van der Waals surface area contributed by atoms with Crippen molar-refractivity contribution in [2.75, 3.05) is 5.75 Å². The van der Waals surface area contributed by atoms with Gasteiger partial charge >= 0.3 is 5.97 Å². The summed E-state index contributed by atoms with van der Waals surface area (Å²) in [6.45, 7) is 0. The van der Waals surface area contributed by atoms with Gasteiger partial charge in [-0.05, 0) is 24.3 Å². The number of nitrogens with zero attached hydrogens (tertiary/aromatic N) is 1. The molecule has 6 heteroatoms. The summed E-state index contributed by atoms with van der Waals surface area (Å²) in [5, 5.41) is 20.3. The molecule has 2 rings (SSSR count). The van der Waals surface area contributed by atoms with Crippen LogP contribution in [-0.4, -0.2) is 21.8 Å². The Hall–Kier alpha value is -2.60. The number of aliphatic carboxylic acids is 1. The van der Waals surface area contributed by atoms with Gasteiger partial charge in [0, 0.05) is 22.3 Å². The number of carbonyl (C=O) groups is 1. The lowest BCUT2D eigenvalue weighted by Crippen LogP contribution is -2.03. The molecule has 2 aromatic rings. The molecule has 0 aliphatic rings. The van der Waals surface area contributed by atoms with Crippen LogP contribution >= 0.6 is 11.8 Å². The van der Waals surface area contributed by atoms with Gasteiger partial charge in [0.15, 0.2) is 0 Å². The van der Waals surface area contributed by atoms with Gasteiger partial charge < -0.3 is 5.11 Å². The average Bonchev–Trinajstić information content (AvgIpc) is 2.52. The number of rotatable bonds is 6. The van der Waals surface area contributed by atoms with Crippen molar-refractivity contribution in [2.24, 2.45) is 0 Å². The number of para-hydroxylation sites is 1. The van der Waals surface area contributed by atoms with Gasteiger partial charge in [-0.1, -0.05) is 30.3 Å². The summed E-state index contributed by atoms with van der Waals surface area (Å²) in [6.07, 6.45) is 1.36. The van der Waals surface area contributed by atoms with Gasteiger partial charge in [0.1, 0.15) is 0 Å². The first-order chi connectivity index (χ1) is 10.6. The van der Waals surface area contributed by atoms with E-state index in [0.29, 0.717) is 5.56 Å². The van der Waals surface area contributed by atoms with Crippen molar-refractivity contribution in [3.05, 3.63) is 75.8 Å². The van der Waals surface area contributed by atoms with Gasteiger partial charge in [0.05, 0.1) is 10.5 Å². The van der Waals surface area contributed by atoms with E-state index in [0.717, 1.165) is 4.90 Å². The lowest BCUT2D eigenvalue weighted by Gasteiger charge is -2.04. The SMILES string of the molecule is O=C(O)/C(=C/c1ccccc1[N+](=O)[O-])CSc1ccccc1. The lowest BCUT2D eigenvalue weighted by molar-refractivity contribution is -0.385. The maximum absolute atomic E-state index is 11.4. The molecule has 0 amide bonds. The Bertz CT molecular complexity index is 713. The molecule has 0 aliphatic carbocycles. The van der Waals surface area contributed by atoms with Gasteiger partial charge in [-0.15, -0.1) is 11.8 Å². The first-order valence-corrected chi connectivity index (χ1v) is 7.41. The molecule has 0 unspecified atom stereocenters. The minimum Gasteiger partial charge on any atom is -0.478 e. The summed E-state index contributed by atoms with van der Waals surface area (Å²) in [6, 6.07) is 15.5. The van der Waals surface area contributed by atoms with Crippen molar-refractivity contribution >= 4 is 29.5 Å². The van der Waals surface area contributed by atoms with Crippen LogP contribution in [0.4, 0.5) is 5.69 Å². The van der Waals surface area contributed by atoms with E-state index < -0.39 is 10.9 Å². The van der Waals surface area contributed by atoms with E-state index in [4.69, 9.17) is 0 Å². The Morgan fingerprint density at radius 1 is 1.14 bits per heavy atom. The fourth-order valence-corrected chi connectivity index (χ4v) is 2.69. The molecule has 0 spiro atoms. The minimum atomic E-state index is -1.08. The molecular weight excluding hydrogens is 302 g/mol. The zero-order valence-electron chi connectivity index (χ0n) is 11.5. The van der Waals surface area contributed by atoms with E-state index >= 15 is 0 Å². The normalized spacial score (nSPS) is 11.2. The topological polar surface area (TPSA) is 80.4 Å². The van der Waals surface area contributed by atoms with Gasteiger partial charge in [0.2, 0.25) is 0 Å². The predicted octanol–water partition coefficient (Wildman–Crippen LogP) is 3.86. The van der Waals surface area contributed by atoms with Crippen LogP contribution in [0.5, 0.6) is 0 Å². The number of thioether (sulfide) groups is 1. The summed E-state index contributed by atoms with van der Waals surface area (Å²) >= 11 is 1.37. The third-order valence-corrected chi connectivity index (χ3v) is 3.94. The molecule has 0 bridgehead atoms. The fourth-order valence-electron chi connectivity index (χ4n) is 1.81. The molecule has 112 valence electrons. The Kier molecular flexibility index (Phi) is 5.32. The Labute approximate surface area is 131 Å². The highest BCUT2D eigenvalue weighted by Gasteiger charge is 2.14. The standard InChI is InChI=1S/C16H13NO4S/c18-16(19)13(11-22-14-7-2-1-3-8-14)10-12-6-4-5-9-15(12)17(20)21/h1-10H,11H2,(H,18,19)/b13-10+. The van der Waals surface area contributed by atoms with E-state index in [1.54, 1.807) is 12.1 Å². The molecule has 0 fully saturated rings. The lowest BCUT2D eigenvalue weighted by atomic mass is 10.1. The number of nitro benzene ring substituents is 1. The number of hydrogen-bond acceptors (Lipinski definition) is 4. The molecule has 2 aromatic carbocycles. The Balaban J connectivity index is 2.25. The van der Waals surface area contributed by atoms with Crippen LogP contribution < -0.4 is 0 Å². The van der Waals surface area contributed by atoms with E-state index in [9.17, 15) is 20.0 Å². The molecule has 0 heterocycles. The second-order valence-electron chi connectivity index (χ2n) is 4.39. The predicted molar refractivity (Wildman–Crippen MR) is 85.9 cm³/mol. The zero-order valence-corrected chi connectivity index (χ0v) is 12.3. The van der Waals surface area contributed by atoms with Crippen molar-refractivity contribution in [2.45, 2.75) is 4.90 Å². The average molecular weight is 315 g/mol. The van der Waals surface area contributed by atoms with Crippen molar-refractivity contribution in [1.29, 1.82) is 0 Å². The first-order valence-electron chi connectivity index (χ1n) is 6.43. The summed E-state index contributed by atoms with van der Waals surface area (Å²) < 4.78 is 0. The summed E-state index contributed by atoms with van der Waals surface area (Å²) in [5.41, 5.74) is 0.299. The van der Waals surface area contributed by atoms with Gasteiger partial charge in [-0.2, -0.15) is 0 Å². The van der Waals surface area contributed by atoms with Gasteiger partial charge in [-0.3, -0.25) is 10.1 Å². The van der Waals surface area contributed by atoms with Crippen molar-refractivity contribution in [3.63, 3.8) is 0 Å². The van der Waals surface area contributed by atoms with Crippen molar-refractivity contribution < 1.29 is 14.8 Å². The molecule has 0 atom stereocenters. The number of nitro groups is 1.